The lowest BCUT2D eigenvalue weighted by Gasteiger charge is -2.15. The van der Waals surface area contributed by atoms with Crippen LogP contribution in [0.4, 0.5) is 16.2 Å². The second-order valence-electron chi connectivity index (χ2n) is 5.94. The lowest BCUT2D eigenvalue weighted by Crippen LogP contribution is -2.43. The SMILES string of the molecule is CNC(=O)NC(=O)[C@@H](C)OC(=O)c1cc([N+](=O)[O-])ccc1NCc1ccccc1. The van der Waals surface area contributed by atoms with Gasteiger partial charge in [0.05, 0.1) is 10.5 Å². The number of rotatable bonds is 7. The number of nitro benzene ring substituents is 1. The van der Waals surface area contributed by atoms with E-state index >= 15 is 0 Å². The van der Waals surface area contributed by atoms with Crippen LogP contribution in [-0.2, 0) is 16.1 Å². The van der Waals surface area contributed by atoms with Crippen molar-refractivity contribution in [1.29, 1.82) is 0 Å². The van der Waals surface area contributed by atoms with Crippen LogP contribution in [0.2, 0.25) is 0 Å². The number of imide groups is 1. The van der Waals surface area contributed by atoms with Gasteiger partial charge in [0.1, 0.15) is 0 Å². The summed E-state index contributed by atoms with van der Waals surface area (Å²) >= 11 is 0. The third kappa shape index (κ3) is 6.03. The molecule has 0 heterocycles. The maximum atomic E-state index is 12.6. The average Bonchev–Trinajstić information content (AvgIpc) is 2.72. The summed E-state index contributed by atoms with van der Waals surface area (Å²) in [4.78, 5) is 46.1. The van der Waals surface area contributed by atoms with Crippen LogP contribution >= 0.6 is 0 Å². The van der Waals surface area contributed by atoms with E-state index in [2.05, 4.69) is 10.6 Å². The fourth-order valence-corrected chi connectivity index (χ4v) is 2.32. The summed E-state index contributed by atoms with van der Waals surface area (Å²) in [6.07, 6.45) is -1.29. The van der Waals surface area contributed by atoms with E-state index in [1.807, 2.05) is 35.6 Å². The lowest BCUT2D eigenvalue weighted by atomic mass is 10.1. The average molecular weight is 400 g/mol. The quantitative estimate of drug-likeness (QED) is 0.368. The molecular weight excluding hydrogens is 380 g/mol. The van der Waals surface area contributed by atoms with Crippen LogP contribution in [0.1, 0.15) is 22.8 Å². The Morgan fingerprint density at radius 3 is 2.45 bits per heavy atom. The molecule has 0 radical (unpaired) electrons. The zero-order valence-electron chi connectivity index (χ0n) is 15.8. The van der Waals surface area contributed by atoms with E-state index in [1.54, 1.807) is 0 Å². The van der Waals surface area contributed by atoms with Gasteiger partial charge in [-0.25, -0.2) is 9.59 Å². The number of hydrogen-bond donors (Lipinski definition) is 3. The van der Waals surface area contributed by atoms with Crippen molar-refractivity contribution in [2.75, 3.05) is 12.4 Å². The molecule has 0 aromatic heterocycles. The molecule has 0 spiro atoms. The highest BCUT2D eigenvalue weighted by molar-refractivity contribution is 6.00. The molecule has 10 nitrogen and oxygen atoms in total. The first-order valence-corrected chi connectivity index (χ1v) is 8.61. The van der Waals surface area contributed by atoms with Gasteiger partial charge in [0.15, 0.2) is 6.10 Å². The smallest absolute Gasteiger partial charge is 0.341 e. The molecule has 3 N–H and O–H groups in total. The molecule has 2 rings (SSSR count). The van der Waals surface area contributed by atoms with Gasteiger partial charge in [0.25, 0.3) is 11.6 Å². The summed E-state index contributed by atoms with van der Waals surface area (Å²) in [6.45, 7) is 1.65. The van der Waals surface area contributed by atoms with Gasteiger partial charge >= 0.3 is 12.0 Å². The molecule has 1 atom stereocenters. The molecule has 0 saturated carbocycles. The van der Waals surface area contributed by atoms with Gasteiger partial charge in [-0.05, 0) is 18.6 Å². The maximum absolute atomic E-state index is 12.6. The Hall–Kier alpha value is -3.95. The van der Waals surface area contributed by atoms with Gasteiger partial charge in [-0.2, -0.15) is 0 Å². The Bertz CT molecular complexity index is 916. The number of hydrogen-bond acceptors (Lipinski definition) is 7. The van der Waals surface area contributed by atoms with E-state index in [0.29, 0.717) is 12.2 Å². The molecule has 2 aromatic rings. The Labute approximate surface area is 166 Å². The molecule has 0 saturated heterocycles. The molecule has 0 aliphatic carbocycles. The number of carbonyl (C=O) groups excluding carboxylic acids is 3. The Morgan fingerprint density at radius 1 is 1.14 bits per heavy atom. The Kier molecular flexibility index (Phi) is 7.24. The third-order valence-corrected chi connectivity index (χ3v) is 3.88. The van der Waals surface area contributed by atoms with E-state index in [0.717, 1.165) is 11.6 Å². The third-order valence-electron chi connectivity index (χ3n) is 3.88. The highest BCUT2D eigenvalue weighted by atomic mass is 16.6. The predicted molar refractivity (Wildman–Crippen MR) is 104 cm³/mol. The van der Waals surface area contributed by atoms with E-state index in [4.69, 9.17) is 4.74 Å². The molecule has 0 bridgehead atoms. The molecule has 0 aliphatic rings. The number of ether oxygens (including phenoxy) is 1. The lowest BCUT2D eigenvalue weighted by molar-refractivity contribution is -0.384. The standard InChI is InChI=1S/C19H20N4O6/c1-12(17(24)22-19(26)20-2)29-18(25)15-10-14(23(27)28)8-9-16(15)21-11-13-6-4-3-5-7-13/h3-10,12,21H,11H2,1-2H3,(H2,20,22,24,26)/t12-/m1/s1. The first-order chi connectivity index (χ1) is 13.8. The number of nitrogens with zero attached hydrogens (tertiary/aromatic N) is 1. The first-order valence-electron chi connectivity index (χ1n) is 8.61. The van der Waals surface area contributed by atoms with Crippen LogP contribution in [0.25, 0.3) is 0 Å². The molecule has 29 heavy (non-hydrogen) atoms. The van der Waals surface area contributed by atoms with Crippen LogP contribution in [-0.4, -0.2) is 36.0 Å². The van der Waals surface area contributed by atoms with Crippen molar-refractivity contribution in [3.8, 4) is 0 Å². The van der Waals surface area contributed by atoms with Crippen LogP contribution < -0.4 is 16.0 Å². The number of urea groups is 1. The number of non-ortho nitro benzene ring substituents is 1. The number of esters is 1. The summed E-state index contributed by atoms with van der Waals surface area (Å²) < 4.78 is 5.08. The zero-order valence-corrected chi connectivity index (χ0v) is 15.8. The molecular formula is C19H20N4O6. The first kappa shape index (κ1) is 21.4. The second kappa shape index (κ2) is 9.83. The minimum absolute atomic E-state index is 0.102. The summed E-state index contributed by atoms with van der Waals surface area (Å²) in [7, 11) is 1.33. The number of benzene rings is 2. The molecule has 0 aliphatic heterocycles. The minimum atomic E-state index is -1.29. The Balaban J connectivity index is 2.19. The molecule has 0 unspecified atom stereocenters. The number of nitro groups is 1. The van der Waals surface area contributed by atoms with Crippen molar-refractivity contribution in [2.24, 2.45) is 0 Å². The minimum Gasteiger partial charge on any atom is -0.449 e. The highest BCUT2D eigenvalue weighted by Crippen LogP contribution is 2.24. The monoisotopic (exact) mass is 400 g/mol. The van der Waals surface area contributed by atoms with Crippen molar-refractivity contribution < 1.29 is 24.0 Å². The summed E-state index contributed by atoms with van der Waals surface area (Å²) in [6, 6.07) is 12.3. The summed E-state index contributed by atoms with van der Waals surface area (Å²) in [5, 5.41) is 18.3. The molecule has 10 heteroatoms. The molecule has 3 amide bonds. The van der Waals surface area contributed by atoms with E-state index in [9.17, 15) is 24.5 Å². The molecule has 152 valence electrons. The van der Waals surface area contributed by atoms with Gasteiger partial charge in [0, 0.05) is 31.4 Å². The number of amides is 3. The van der Waals surface area contributed by atoms with E-state index in [1.165, 1.54) is 26.1 Å². The van der Waals surface area contributed by atoms with Crippen molar-refractivity contribution in [1.82, 2.24) is 10.6 Å². The van der Waals surface area contributed by atoms with Crippen LogP contribution in [0.3, 0.4) is 0 Å². The Morgan fingerprint density at radius 2 is 1.83 bits per heavy atom. The summed E-state index contributed by atoms with van der Waals surface area (Å²) in [5.74, 6) is -1.77. The van der Waals surface area contributed by atoms with Crippen LogP contribution in [0.15, 0.2) is 48.5 Å². The van der Waals surface area contributed by atoms with Gasteiger partial charge in [-0.15, -0.1) is 0 Å². The number of nitrogens with one attached hydrogen (secondary N) is 3. The van der Waals surface area contributed by atoms with Crippen LogP contribution in [0.5, 0.6) is 0 Å². The van der Waals surface area contributed by atoms with Crippen molar-refractivity contribution in [3.05, 3.63) is 69.8 Å². The second-order valence-corrected chi connectivity index (χ2v) is 5.94. The number of anilines is 1. The van der Waals surface area contributed by atoms with Gasteiger partial charge in [-0.1, -0.05) is 30.3 Å². The maximum Gasteiger partial charge on any atom is 0.341 e. The van der Waals surface area contributed by atoms with Gasteiger partial charge < -0.3 is 15.4 Å². The summed E-state index contributed by atoms with van der Waals surface area (Å²) in [5.41, 5.74) is 0.839. The number of carbonyl (C=O) groups is 3. The van der Waals surface area contributed by atoms with Crippen LogP contribution in [0, 0.1) is 10.1 Å². The fraction of sp³-hybridized carbons (Fsp3) is 0.211. The van der Waals surface area contributed by atoms with E-state index in [-0.39, 0.29) is 11.3 Å². The van der Waals surface area contributed by atoms with Gasteiger partial charge in [-0.3, -0.25) is 20.2 Å². The fourth-order valence-electron chi connectivity index (χ4n) is 2.32. The topological polar surface area (TPSA) is 140 Å². The highest BCUT2D eigenvalue weighted by Gasteiger charge is 2.24. The van der Waals surface area contributed by atoms with Gasteiger partial charge in [0.2, 0.25) is 0 Å². The largest absolute Gasteiger partial charge is 0.449 e. The van der Waals surface area contributed by atoms with E-state index < -0.39 is 28.9 Å². The predicted octanol–water partition coefficient (Wildman–Crippen LogP) is 2.21. The normalized spacial score (nSPS) is 11.1. The molecule has 0 fully saturated rings. The van der Waals surface area contributed by atoms with Crippen molar-refractivity contribution in [3.63, 3.8) is 0 Å². The van der Waals surface area contributed by atoms with Crippen molar-refractivity contribution >= 4 is 29.3 Å². The zero-order chi connectivity index (χ0) is 21.4. The molecule has 2 aromatic carbocycles. The van der Waals surface area contributed by atoms with Crippen molar-refractivity contribution in [2.45, 2.75) is 19.6 Å².